The summed E-state index contributed by atoms with van der Waals surface area (Å²) >= 11 is 0. The van der Waals surface area contributed by atoms with E-state index in [0.29, 0.717) is 24.8 Å². The molecule has 0 saturated carbocycles. The van der Waals surface area contributed by atoms with Crippen LogP contribution in [-0.2, 0) is 109 Å². The van der Waals surface area contributed by atoms with E-state index in [1.54, 1.807) is 59.7 Å². The zero-order valence-electron chi connectivity index (χ0n) is 72.7. The Kier molecular flexibility index (Phi) is 42.0. The largest absolute Gasteiger partial charge is 0.508 e. The van der Waals surface area contributed by atoms with Crippen LogP contribution < -0.4 is 80.6 Å². The van der Waals surface area contributed by atoms with Crippen molar-refractivity contribution >= 4 is 118 Å². The zero-order chi connectivity index (χ0) is 95.8. The molecule has 0 spiro atoms. The first-order chi connectivity index (χ1) is 60.2. The van der Waals surface area contributed by atoms with Gasteiger partial charge < -0.3 is 136 Å². The summed E-state index contributed by atoms with van der Waals surface area (Å²) < 4.78 is 0. The summed E-state index contributed by atoms with van der Waals surface area (Å²) in [6.07, 6.45) is -6.47. The fraction of sp³-hybridized carbons (Fsp3) is 0.610. The van der Waals surface area contributed by atoms with Crippen LogP contribution in [0.1, 0.15) is 150 Å². The van der Waals surface area contributed by atoms with Crippen LogP contribution in [0.2, 0.25) is 0 Å². The molecule has 0 unspecified atom stereocenters. The molecule has 3 saturated heterocycles. The highest BCUT2D eigenvalue weighted by Crippen LogP contribution is 2.25. The van der Waals surface area contributed by atoms with E-state index >= 15 is 0 Å². The number of aliphatic hydroxyl groups is 4. The van der Waals surface area contributed by atoms with Crippen molar-refractivity contribution in [1.82, 2.24) is 83.8 Å². The number of aliphatic hydroxyl groups excluding tert-OH is 4. The van der Waals surface area contributed by atoms with Crippen molar-refractivity contribution in [2.75, 3.05) is 39.4 Å². The van der Waals surface area contributed by atoms with Gasteiger partial charge >= 0.3 is 17.9 Å². The number of aliphatic carboxylic acids is 3. The minimum Gasteiger partial charge on any atom is -0.508 e. The molecule has 46 heteroatoms. The van der Waals surface area contributed by atoms with Crippen LogP contribution in [0.15, 0.2) is 54.6 Å². The van der Waals surface area contributed by atoms with E-state index in [4.69, 9.17) is 11.5 Å². The average molecular weight is 1810 g/mol. The molecule has 708 valence electrons. The van der Waals surface area contributed by atoms with Gasteiger partial charge in [-0.1, -0.05) is 90.4 Å². The molecule has 3 fully saturated rings. The summed E-state index contributed by atoms with van der Waals surface area (Å²) in [4.78, 5) is 276. The quantitative estimate of drug-likeness (QED) is 0.0293. The molecular formula is C82H122N18O28. The number of likely N-dealkylation sites (tertiary alicyclic amines) is 3. The van der Waals surface area contributed by atoms with Crippen LogP contribution >= 0.6 is 0 Å². The van der Waals surface area contributed by atoms with E-state index in [-0.39, 0.29) is 81.3 Å². The Labute approximate surface area is 737 Å². The highest BCUT2D eigenvalue weighted by Gasteiger charge is 2.45. The maximum absolute atomic E-state index is 14.5. The van der Waals surface area contributed by atoms with Crippen LogP contribution in [0.25, 0.3) is 0 Å². The second-order valence-corrected chi connectivity index (χ2v) is 32.8. The maximum Gasteiger partial charge on any atom is 0.326 e. The van der Waals surface area contributed by atoms with Crippen molar-refractivity contribution in [3.63, 3.8) is 0 Å². The van der Waals surface area contributed by atoms with Gasteiger partial charge in [0.25, 0.3) is 0 Å². The van der Waals surface area contributed by atoms with Gasteiger partial charge in [-0.25, -0.2) is 4.79 Å². The van der Waals surface area contributed by atoms with Gasteiger partial charge in [-0.05, 0) is 113 Å². The number of primary amides is 1. The normalized spacial score (nSPS) is 18.6. The fourth-order valence-corrected chi connectivity index (χ4v) is 14.4. The van der Waals surface area contributed by atoms with E-state index in [2.05, 4.69) is 69.1 Å². The number of hydrogen-bond donors (Lipinski definition) is 23. The first-order valence-corrected chi connectivity index (χ1v) is 42.1. The molecule has 46 nitrogen and oxygen atoms in total. The summed E-state index contributed by atoms with van der Waals surface area (Å²) in [5.41, 5.74) is 12.2. The number of aromatic hydroxyl groups is 1. The molecule has 19 atom stereocenters. The van der Waals surface area contributed by atoms with Gasteiger partial charge in [0.1, 0.15) is 96.4 Å². The number of phenols is 1. The molecule has 3 heterocycles. The van der Waals surface area contributed by atoms with Gasteiger partial charge in [-0.15, -0.1) is 0 Å². The van der Waals surface area contributed by atoms with Gasteiger partial charge in [-0.3, -0.25) is 91.1 Å². The predicted molar refractivity (Wildman–Crippen MR) is 448 cm³/mol. The Morgan fingerprint density at radius 1 is 0.438 bits per heavy atom. The van der Waals surface area contributed by atoms with E-state index < -0.39 is 285 Å². The Morgan fingerprint density at radius 3 is 1.30 bits per heavy atom. The lowest BCUT2D eigenvalue weighted by atomic mass is 9.96. The van der Waals surface area contributed by atoms with E-state index in [0.717, 1.165) is 30.6 Å². The lowest BCUT2D eigenvalue weighted by Crippen LogP contribution is -2.62. The van der Waals surface area contributed by atoms with Gasteiger partial charge in [0, 0.05) is 38.9 Å². The van der Waals surface area contributed by atoms with Crippen LogP contribution in [0.4, 0.5) is 0 Å². The average Bonchev–Trinajstić information content (AvgIpc) is 1.64. The third-order valence-corrected chi connectivity index (χ3v) is 21.8. The first-order valence-electron chi connectivity index (χ1n) is 42.1. The summed E-state index contributed by atoms with van der Waals surface area (Å²) in [6.45, 7) is 10.4. The van der Waals surface area contributed by atoms with E-state index in [1.165, 1.54) is 41.3 Å². The number of nitrogens with two attached hydrogens (primary N) is 2. The number of carboxylic acid groups (broad SMARTS) is 3. The monoisotopic (exact) mass is 1810 g/mol. The molecule has 2 aromatic carbocycles. The van der Waals surface area contributed by atoms with Crippen molar-refractivity contribution in [3.8, 4) is 5.75 Å². The third-order valence-electron chi connectivity index (χ3n) is 21.8. The van der Waals surface area contributed by atoms with E-state index in [9.17, 15) is 137 Å². The van der Waals surface area contributed by atoms with Crippen molar-refractivity contribution < 1.29 is 137 Å². The molecule has 0 aromatic heterocycles. The predicted octanol–water partition coefficient (Wildman–Crippen LogP) is -7.77. The SMILES string of the molecule is CC[C@H](C)[C@H](NC(=O)[C@H](CC(=O)O)NC(=O)[C@H](CO)NC(=O)[C@H](Cc1ccccc1)NC(=O)[C@H](CO)NC(=O)[C@@H]1CCCN1C(=O)[C@H](C)NC(=O)[C@H](CC(=O)O)NC(=O)[C@@H](NC(=O)[C@H](Cc1ccc(O)cc1)NC(=O)[C@H](CCC(N)=O)NC(=O)[C@@H](NC(=O)CNC(=O)[C@H](CC(C)C)NC(=O)[C@@H]1CCCN1C(=O)[C@@H](N)C(C)C)[C@@H](C)O)[C@@H](C)O)C(=O)N1CCC[C@H]1C(=O)O. The number of carboxylic acids is 3. The molecular weight excluding hydrogens is 1680 g/mol. The van der Waals surface area contributed by atoms with E-state index in [1.807, 2.05) is 0 Å². The lowest BCUT2D eigenvalue weighted by molar-refractivity contribution is -0.150. The Balaban J connectivity index is 1.27. The van der Waals surface area contributed by atoms with Gasteiger partial charge in [-0.2, -0.15) is 0 Å². The summed E-state index contributed by atoms with van der Waals surface area (Å²) in [5.74, 6) is -24.2. The highest BCUT2D eigenvalue weighted by atomic mass is 16.4. The number of carbonyl (C=O) groups is 20. The van der Waals surface area contributed by atoms with Gasteiger partial charge in [0.2, 0.25) is 100 Å². The topological polar surface area (TPSA) is 721 Å². The number of rotatable bonds is 50. The Bertz CT molecular complexity index is 4290. The smallest absolute Gasteiger partial charge is 0.326 e. The van der Waals surface area contributed by atoms with Crippen molar-refractivity contribution in [1.29, 1.82) is 0 Å². The van der Waals surface area contributed by atoms with Gasteiger partial charge in [0.15, 0.2) is 0 Å². The van der Waals surface area contributed by atoms with Crippen molar-refractivity contribution in [2.45, 2.75) is 261 Å². The number of phenolic OH excluding ortho intramolecular Hbond substituents is 1. The summed E-state index contributed by atoms with van der Waals surface area (Å²) in [6, 6.07) is -13.3. The Hall–Kier alpha value is -12.6. The lowest BCUT2D eigenvalue weighted by Gasteiger charge is -2.31. The molecule has 0 radical (unpaired) electrons. The van der Waals surface area contributed by atoms with Crippen LogP contribution in [-0.4, -0.2) is 322 Å². The molecule has 3 aliphatic rings. The number of amides is 17. The molecule has 0 bridgehead atoms. The molecule has 2 aromatic rings. The number of nitrogens with zero attached hydrogens (tertiary/aromatic N) is 3. The molecule has 3 aliphatic heterocycles. The van der Waals surface area contributed by atoms with Crippen molar-refractivity contribution in [3.05, 3.63) is 65.7 Å². The number of benzene rings is 2. The van der Waals surface area contributed by atoms with Crippen molar-refractivity contribution in [2.24, 2.45) is 29.2 Å². The van der Waals surface area contributed by atoms with Crippen LogP contribution in [0.5, 0.6) is 5.75 Å². The molecule has 0 aliphatic carbocycles. The highest BCUT2D eigenvalue weighted by molar-refractivity contribution is 6.02. The number of hydrogen-bond acceptors (Lipinski definition) is 26. The van der Waals surface area contributed by atoms with Crippen LogP contribution in [0.3, 0.4) is 0 Å². The minimum absolute atomic E-state index is 0.0482. The second-order valence-electron chi connectivity index (χ2n) is 32.8. The molecule has 128 heavy (non-hydrogen) atoms. The zero-order valence-corrected chi connectivity index (χ0v) is 72.7. The molecule has 5 rings (SSSR count). The number of carbonyl (C=O) groups excluding carboxylic acids is 17. The van der Waals surface area contributed by atoms with Gasteiger partial charge in [0.05, 0.1) is 50.8 Å². The maximum atomic E-state index is 14.5. The fourth-order valence-electron chi connectivity index (χ4n) is 14.4. The summed E-state index contributed by atoms with van der Waals surface area (Å²) in [7, 11) is 0. The third kappa shape index (κ3) is 32.1. The minimum atomic E-state index is -2.13. The number of nitrogens with one attached hydrogen (secondary N) is 13. The standard InChI is InChI=1S/C82H122N18O28/c1-10-41(6)64(81(126)100-30-16-21-58(100)82(127)128)96-72(117)53(35-62(110)111)90-73(118)54(37-101)93-70(115)50(32-45-17-12-11-13-18-45)89-74(119)55(38-102)94-76(121)56-19-14-28-98(56)79(124)42(7)86-69(114)52(34-61(108)109)92-78(123)66(44(9)104)97-71(116)51(33-46-22-24-47(105)25-23-46)88-68(113)48(26-27-59(83)106)87-77(122)65(43(8)103)95-60(107)36-85-67(112)49(31-39(2)3)91-75(120)57-20-15-29-99(57)80(125)63(84)40(4)5/h11-13,17-18,22-25,39-44,48-58,63-66,101-105H,10,14-16,19-21,26-38,84H2,1-9H3,(H2,83,106)(H,85,112)(H,86,114)(H,87,122)(H,88,113)(H,89,119)(H,90,118)(H,91,120)(H,92,123)(H,93,115)(H,94,121)(H,95,107)(H,96,117)(H,97,116)(H,108,109)(H,110,111)(H,127,128)/t41-,42-,43+,44+,48-,49-,50-,51-,52-,53-,54-,55-,56-,57-,58-,63-,64-,65-,66-/m0/s1. The summed E-state index contributed by atoms with van der Waals surface area (Å²) in [5, 5.41) is 113. The second kappa shape index (κ2) is 50.7. The first kappa shape index (κ1) is 106. The molecule has 17 amide bonds. The molecule has 25 N–H and O–H groups in total. The van der Waals surface area contributed by atoms with Crippen LogP contribution in [0, 0.1) is 17.8 Å². The Morgan fingerprint density at radius 2 is 0.836 bits per heavy atom.